The van der Waals surface area contributed by atoms with E-state index in [1.165, 1.54) is 44.9 Å². The predicted octanol–water partition coefficient (Wildman–Crippen LogP) is 3.35. The Hall–Kier alpha value is -1.39. The van der Waals surface area contributed by atoms with Crippen LogP contribution in [0.25, 0.3) is 0 Å². The molecule has 3 aliphatic carbocycles. The van der Waals surface area contributed by atoms with Crippen LogP contribution in [0.5, 0.6) is 0 Å². The maximum Gasteiger partial charge on any atom is 0.226 e. The zero-order valence-corrected chi connectivity index (χ0v) is 13.8. The lowest BCUT2D eigenvalue weighted by atomic mass is 9.82. The molecule has 1 aromatic rings. The number of aromatic nitrogens is 2. The van der Waals surface area contributed by atoms with Gasteiger partial charge in [-0.05, 0) is 56.8 Å². The quantitative estimate of drug-likeness (QED) is 0.837. The summed E-state index contributed by atoms with van der Waals surface area (Å²) in [5.41, 5.74) is 0. The molecule has 4 rings (SSSR count). The second kappa shape index (κ2) is 6.62. The summed E-state index contributed by atoms with van der Waals surface area (Å²) in [5.74, 6) is 4.10. The summed E-state index contributed by atoms with van der Waals surface area (Å²) in [6.07, 6.45) is 12.3. The Morgan fingerprint density at radius 1 is 1.13 bits per heavy atom. The lowest BCUT2D eigenvalue weighted by molar-refractivity contribution is -0.122. The van der Waals surface area contributed by atoms with Crippen LogP contribution in [0.3, 0.4) is 0 Å². The summed E-state index contributed by atoms with van der Waals surface area (Å²) in [7, 11) is 0. The fraction of sp³-hybridized carbons (Fsp3) is 0.833. The van der Waals surface area contributed by atoms with E-state index in [4.69, 9.17) is 4.52 Å². The highest BCUT2D eigenvalue weighted by atomic mass is 16.5. The van der Waals surface area contributed by atoms with Gasteiger partial charge in [-0.2, -0.15) is 4.98 Å². The van der Waals surface area contributed by atoms with Crippen molar-refractivity contribution in [3.63, 3.8) is 0 Å². The molecule has 0 aliphatic heterocycles. The molecule has 0 unspecified atom stereocenters. The Labute approximate surface area is 137 Å². The molecule has 5 heteroatoms. The van der Waals surface area contributed by atoms with Crippen molar-refractivity contribution in [2.45, 2.75) is 82.6 Å². The van der Waals surface area contributed by atoms with Gasteiger partial charge >= 0.3 is 0 Å². The molecule has 0 bridgehead atoms. The number of aryl methyl sites for hydroxylation is 1. The third-order valence-corrected chi connectivity index (χ3v) is 5.59. The van der Waals surface area contributed by atoms with E-state index in [9.17, 15) is 4.79 Å². The van der Waals surface area contributed by atoms with E-state index in [2.05, 4.69) is 15.5 Å². The van der Waals surface area contributed by atoms with Gasteiger partial charge in [-0.25, -0.2) is 0 Å². The van der Waals surface area contributed by atoms with Crippen molar-refractivity contribution in [3.8, 4) is 0 Å². The molecule has 126 valence electrons. The monoisotopic (exact) mass is 317 g/mol. The Kier molecular flexibility index (Phi) is 4.36. The third kappa shape index (κ3) is 4.12. The first-order valence-electron chi connectivity index (χ1n) is 9.40. The minimum Gasteiger partial charge on any atom is -0.353 e. The van der Waals surface area contributed by atoms with Gasteiger partial charge in [0.05, 0.1) is 0 Å². The van der Waals surface area contributed by atoms with E-state index in [1.807, 2.05) is 0 Å². The Morgan fingerprint density at radius 2 is 2.00 bits per heavy atom. The molecular weight excluding hydrogens is 290 g/mol. The summed E-state index contributed by atoms with van der Waals surface area (Å²) >= 11 is 0. The number of amides is 1. The first-order chi connectivity index (χ1) is 11.3. The molecule has 0 saturated heterocycles. The second-order valence-corrected chi connectivity index (χ2v) is 7.70. The molecule has 1 heterocycles. The molecule has 1 aromatic heterocycles. The number of hydrogen-bond acceptors (Lipinski definition) is 4. The average molecular weight is 317 g/mol. The van der Waals surface area contributed by atoms with E-state index >= 15 is 0 Å². The minimum atomic E-state index is 0.188. The predicted molar refractivity (Wildman–Crippen MR) is 85.8 cm³/mol. The highest BCUT2D eigenvalue weighted by Gasteiger charge is 2.35. The van der Waals surface area contributed by atoms with Gasteiger partial charge in [-0.1, -0.05) is 18.0 Å². The number of nitrogens with zero attached hydrogens (tertiary/aromatic N) is 2. The van der Waals surface area contributed by atoms with Crippen LogP contribution >= 0.6 is 0 Å². The number of nitrogens with one attached hydrogen (secondary N) is 1. The second-order valence-electron chi connectivity index (χ2n) is 7.70. The smallest absolute Gasteiger partial charge is 0.226 e. The number of carbonyl (C=O) groups is 1. The van der Waals surface area contributed by atoms with Crippen LogP contribution in [0, 0.1) is 11.8 Å². The van der Waals surface area contributed by atoms with Crippen LogP contribution in [0.4, 0.5) is 0 Å². The molecule has 0 radical (unpaired) electrons. The largest absolute Gasteiger partial charge is 0.353 e. The molecular formula is C18H27N3O2. The van der Waals surface area contributed by atoms with Gasteiger partial charge < -0.3 is 9.84 Å². The van der Waals surface area contributed by atoms with Crippen molar-refractivity contribution in [2.24, 2.45) is 11.8 Å². The lowest BCUT2D eigenvalue weighted by Crippen LogP contribution is -2.38. The van der Waals surface area contributed by atoms with Gasteiger partial charge in [-0.15, -0.1) is 0 Å². The van der Waals surface area contributed by atoms with Crippen LogP contribution in [-0.2, 0) is 11.2 Å². The molecule has 0 spiro atoms. The van der Waals surface area contributed by atoms with Crippen LogP contribution < -0.4 is 5.32 Å². The van der Waals surface area contributed by atoms with Gasteiger partial charge in [0.1, 0.15) is 0 Å². The fourth-order valence-corrected chi connectivity index (χ4v) is 3.93. The highest BCUT2D eigenvalue weighted by molar-refractivity contribution is 5.76. The van der Waals surface area contributed by atoms with Crippen molar-refractivity contribution in [1.82, 2.24) is 15.5 Å². The van der Waals surface area contributed by atoms with Gasteiger partial charge in [0.25, 0.3) is 0 Å². The van der Waals surface area contributed by atoms with E-state index in [0.717, 1.165) is 30.5 Å². The van der Waals surface area contributed by atoms with Crippen LogP contribution in [0.1, 0.15) is 81.8 Å². The molecule has 3 aliphatic rings. The van der Waals surface area contributed by atoms with Gasteiger partial charge in [0.2, 0.25) is 11.8 Å². The molecule has 3 saturated carbocycles. The van der Waals surface area contributed by atoms with Crippen LogP contribution in [0.15, 0.2) is 4.52 Å². The third-order valence-electron chi connectivity index (χ3n) is 5.59. The standard InChI is InChI=1S/C18H27N3O2/c22-16(19-15-4-1-3-14(11-15)12-7-8-12)5-2-6-17-20-18(21-23-17)13-9-10-13/h12-15H,1-11H2,(H,19,22)/t14-,15-/m0/s1. The SMILES string of the molecule is O=C(CCCc1nc(C2CC2)no1)N[C@H]1CCC[C@H](C2CC2)C1. The summed E-state index contributed by atoms with van der Waals surface area (Å²) in [6.45, 7) is 0. The number of rotatable bonds is 7. The zero-order valence-electron chi connectivity index (χ0n) is 13.8. The molecule has 2 atom stereocenters. The molecule has 3 fully saturated rings. The van der Waals surface area contributed by atoms with Gasteiger partial charge in [0.15, 0.2) is 5.82 Å². The zero-order chi connectivity index (χ0) is 15.6. The summed E-state index contributed by atoms with van der Waals surface area (Å²) < 4.78 is 5.25. The van der Waals surface area contributed by atoms with E-state index in [1.54, 1.807) is 0 Å². The highest BCUT2D eigenvalue weighted by Crippen LogP contribution is 2.43. The maximum atomic E-state index is 12.1. The Balaban J connectivity index is 1.16. The molecule has 23 heavy (non-hydrogen) atoms. The van der Waals surface area contributed by atoms with Crippen LogP contribution in [0.2, 0.25) is 0 Å². The lowest BCUT2D eigenvalue weighted by Gasteiger charge is -2.29. The maximum absolute atomic E-state index is 12.1. The van der Waals surface area contributed by atoms with E-state index < -0.39 is 0 Å². The minimum absolute atomic E-state index is 0.188. The molecule has 1 amide bonds. The van der Waals surface area contributed by atoms with Crippen molar-refractivity contribution < 1.29 is 9.32 Å². The number of hydrogen-bond donors (Lipinski definition) is 1. The Morgan fingerprint density at radius 3 is 2.78 bits per heavy atom. The van der Waals surface area contributed by atoms with Crippen molar-refractivity contribution >= 4 is 5.91 Å². The first-order valence-corrected chi connectivity index (χ1v) is 9.40. The molecule has 1 N–H and O–H groups in total. The normalized spacial score (nSPS) is 27.8. The summed E-state index contributed by atoms with van der Waals surface area (Å²) in [5, 5.41) is 7.26. The molecule has 0 aromatic carbocycles. The van der Waals surface area contributed by atoms with Gasteiger partial charge in [-0.3, -0.25) is 4.79 Å². The van der Waals surface area contributed by atoms with Crippen LogP contribution in [-0.4, -0.2) is 22.1 Å². The first kappa shape index (κ1) is 15.2. The van der Waals surface area contributed by atoms with Crippen molar-refractivity contribution in [2.75, 3.05) is 0 Å². The van der Waals surface area contributed by atoms with E-state index in [0.29, 0.717) is 30.7 Å². The van der Waals surface area contributed by atoms with Crippen molar-refractivity contribution in [1.29, 1.82) is 0 Å². The Bertz CT molecular complexity index is 548. The topological polar surface area (TPSA) is 68.0 Å². The van der Waals surface area contributed by atoms with E-state index in [-0.39, 0.29) is 5.91 Å². The average Bonchev–Trinajstić information content (AvgIpc) is 3.46. The fourth-order valence-electron chi connectivity index (χ4n) is 3.93. The summed E-state index contributed by atoms with van der Waals surface area (Å²) in [4.78, 5) is 16.6. The summed E-state index contributed by atoms with van der Waals surface area (Å²) in [6, 6.07) is 0.409. The molecule has 5 nitrogen and oxygen atoms in total. The van der Waals surface area contributed by atoms with Crippen molar-refractivity contribution in [3.05, 3.63) is 11.7 Å². The number of carbonyl (C=O) groups excluding carboxylic acids is 1. The van der Waals surface area contributed by atoms with Gasteiger partial charge in [0, 0.05) is 24.8 Å².